The maximum absolute atomic E-state index is 9.38. The number of hydrogen-bond donors (Lipinski definition) is 2. The van der Waals surface area contributed by atoms with Gasteiger partial charge in [0.05, 0.1) is 6.10 Å². The van der Waals surface area contributed by atoms with Crippen LogP contribution in [0.15, 0.2) is 24.5 Å². The van der Waals surface area contributed by atoms with Gasteiger partial charge in [0.2, 0.25) is 0 Å². The molecule has 3 nitrogen and oxygen atoms in total. The number of aliphatic hydroxyl groups excluding tert-OH is 1. The average molecular weight is 194 g/mol. The van der Waals surface area contributed by atoms with Gasteiger partial charge in [-0.1, -0.05) is 13.0 Å². The summed E-state index contributed by atoms with van der Waals surface area (Å²) in [5, 5.41) is 12.6. The number of pyridine rings is 1. The predicted molar refractivity (Wildman–Crippen MR) is 57.0 cm³/mol. The van der Waals surface area contributed by atoms with Crippen molar-refractivity contribution in [3.05, 3.63) is 30.1 Å². The first-order chi connectivity index (χ1) is 6.74. The molecular weight excluding hydrogens is 176 g/mol. The minimum absolute atomic E-state index is 0.241. The van der Waals surface area contributed by atoms with Gasteiger partial charge in [-0.2, -0.15) is 0 Å². The molecule has 0 amide bonds. The SMILES string of the molecule is CCC(O)CNC(C)c1cccnc1. The Bertz CT molecular complexity index is 251. The summed E-state index contributed by atoms with van der Waals surface area (Å²) in [7, 11) is 0. The maximum atomic E-state index is 9.38. The number of nitrogens with one attached hydrogen (secondary N) is 1. The standard InChI is InChI=1S/C11H18N2O/c1-3-11(14)8-13-9(2)10-5-4-6-12-7-10/h4-7,9,11,13-14H,3,8H2,1-2H3. The van der Waals surface area contributed by atoms with Crippen molar-refractivity contribution in [1.82, 2.24) is 10.3 Å². The highest BCUT2D eigenvalue weighted by molar-refractivity contribution is 5.12. The smallest absolute Gasteiger partial charge is 0.0662 e. The number of aliphatic hydroxyl groups is 1. The molecule has 0 bridgehead atoms. The molecule has 0 aliphatic heterocycles. The summed E-state index contributed by atoms with van der Waals surface area (Å²) in [5.41, 5.74) is 1.15. The molecule has 3 heteroatoms. The second-order valence-electron chi connectivity index (χ2n) is 3.48. The summed E-state index contributed by atoms with van der Waals surface area (Å²) in [6, 6.07) is 4.19. The van der Waals surface area contributed by atoms with Gasteiger partial charge in [-0.25, -0.2) is 0 Å². The highest BCUT2D eigenvalue weighted by Crippen LogP contribution is 2.09. The molecule has 1 heterocycles. The number of aromatic nitrogens is 1. The zero-order valence-corrected chi connectivity index (χ0v) is 8.77. The Balaban J connectivity index is 2.39. The number of hydrogen-bond acceptors (Lipinski definition) is 3. The lowest BCUT2D eigenvalue weighted by atomic mass is 10.1. The van der Waals surface area contributed by atoms with E-state index >= 15 is 0 Å². The molecule has 0 aliphatic rings. The number of nitrogens with zero attached hydrogens (tertiary/aromatic N) is 1. The molecule has 78 valence electrons. The van der Waals surface area contributed by atoms with Crippen molar-refractivity contribution >= 4 is 0 Å². The van der Waals surface area contributed by atoms with E-state index < -0.39 is 0 Å². The Hall–Kier alpha value is -0.930. The first-order valence-electron chi connectivity index (χ1n) is 5.05. The highest BCUT2D eigenvalue weighted by Gasteiger charge is 2.06. The van der Waals surface area contributed by atoms with Crippen LogP contribution >= 0.6 is 0 Å². The van der Waals surface area contributed by atoms with Crippen LogP contribution in [0.4, 0.5) is 0 Å². The molecule has 0 aliphatic carbocycles. The fraction of sp³-hybridized carbons (Fsp3) is 0.545. The average Bonchev–Trinajstić information content (AvgIpc) is 2.26. The van der Waals surface area contributed by atoms with Crippen molar-refractivity contribution < 1.29 is 5.11 Å². The van der Waals surface area contributed by atoms with Gasteiger partial charge in [0, 0.05) is 25.0 Å². The Morgan fingerprint density at radius 3 is 2.93 bits per heavy atom. The molecule has 1 aromatic heterocycles. The van der Waals surface area contributed by atoms with Crippen LogP contribution in [0.25, 0.3) is 0 Å². The summed E-state index contributed by atoms with van der Waals surface area (Å²) in [6.07, 6.45) is 4.13. The molecule has 0 fully saturated rings. The van der Waals surface area contributed by atoms with Gasteiger partial charge in [0.15, 0.2) is 0 Å². The lowest BCUT2D eigenvalue weighted by molar-refractivity contribution is 0.163. The van der Waals surface area contributed by atoms with Crippen LogP contribution in [0.5, 0.6) is 0 Å². The second-order valence-corrected chi connectivity index (χ2v) is 3.48. The van der Waals surface area contributed by atoms with Crippen LogP contribution < -0.4 is 5.32 Å². The first-order valence-corrected chi connectivity index (χ1v) is 5.05. The van der Waals surface area contributed by atoms with Crippen molar-refractivity contribution in [2.75, 3.05) is 6.54 Å². The molecule has 14 heavy (non-hydrogen) atoms. The van der Waals surface area contributed by atoms with Gasteiger partial charge in [0.25, 0.3) is 0 Å². The zero-order chi connectivity index (χ0) is 10.4. The first kappa shape index (κ1) is 11.1. The second kappa shape index (κ2) is 5.73. The molecular formula is C11H18N2O. The summed E-state index contributed by atoms with van der Waals surface area (Å²) in [5.74, 6) is 0. The van der Waals surface area contributed by atoms with E-state index in [1.165, 1.54) is 0 Å². The van der Waals surface area contributed by atoms with Gasteiger partial charge < -0.3 is 10.4 Å². The van der Waals surface area contributed by atoms with Crippen LogP contribution in [0.1, 0.15) is 31.9 Å². The lowest BCUT2D eigenvalue weighted by Crippen LogP contribution is -2.28. The van der Waals surface area contributed by atoms with Gasteiger partial charge in [-0.3, -0.25) is 4.98 Å². The Morgan fingerprint density at radius 2 is 2.36 bits per heavy atom. The van der Waals surface area contributed by atoms with Crippen molar-refractivity contribution in [3.63, 3.8) is 0 Å². The van der Waals surface area contributed by atoms with Crippen LogP contribution in [-0.2, 0) is 0 Å². The van der Waals surface area contributed by atoms with E-state index in [4.69, 9.17) is 0 Å². The summed E-state index contributed by atoms with van der Waals surface area (Å²) < 4.78 is 0. The fourth-order valence-corrected chi connectivity index (χ4v) is 1.21. The minimum Gasteiger partial charge on any atom is -0.392 e. The van der Waals surface area contributed by atoms with Crippen molar-refractivity contribution in [1.29, 1.82) is 0 Å². The molecule has 1 aromatic rings. The van der Waals surface area contributed by atoms with E-state index in [9.17, 15) is 5.11 Å². The topological polar surface area (TPSA) is 45.1 Å². The maximum Gasteiger partial charge on any atom is 0.0662 e. The van der Waals surface area contributed by atoms with E-state index in [1.54, 1.807) is 6.20 Å². The van der Waals surface area contributed by atoms with Gasteiger partial charge in [-0.05, 0) is 25.0 Å². The third-order valence-electron chi connectivity index (χ3n) is 2.32. The van der Waals surface area contributed by atoms with E-state index in [2.05, 4.69) is 17.2 Å². The lowest BCUT2D eigenvalue weighted by Gasteiger charge is -2.16. The summed E-state index contributed by atoms with van der Waals surface area (Å²) >= 11 is 0. The Labute approximate surface area is 85.2 Å². The third-order valence-corrected chi connectivity index (χ3v) is 2.32. The van der Waals surface area contributed by atoms with Crippen molar-refractivity contribution in [2.24, 2.45) is 0 Å². The summed E-state index contributed by atoms with van der Waals surface area (Å²) in [4.78, 5) is 4.05. The van der Waals surface area contributed by atoms with Crippen LogP contribution in [0.3, 0.4) is 0 Å². The molecule has 0 aromatic carbocycles. The Kier molecular flexibility index (Phi) is 4.56. The van der Waals surface area contributed by atoms with E-state index in [1.807, 2.05) is 25.3 Å². The van der Waals surface area contributed by atoms with Crippen LogP contribution in [0, 0.1) is 0 Å². The molecule has 0 radical (unpaired) electrons. The monoisotopic (exact) mass is 194 g/mol. The fourth-order valence-electron chi connectivity index (χ4n) is 1.21. The summed E-state index contributed by atoms with van der Waals surface area (Å²) in [6.45, 7) is 4.67. The van der Waals surface area contributed by atoms with Crippen LogP contribution in [0.2, 0.25) is 0 Å². The predicted octanol–water partition coefficient (Wildman–Crippen LogP) is 1.50. The van der Waals surface area contributed by atoms with E-state index in [0.717, 1.165) is 12.0 Å². The quantitative estimate of drug-likeness (QED) is 0.746. The van der Waals surface area contributed by atoms with E-state index in [0.29, 0.717) is 6.54 Å². The molecule has 2 atom stereocenters. The largest absolute Gasteiger partial charge is 0.392 e. The Morgan fingerprint density at radius 1 is 1.57 bits per heavy atom. The molecule has 0 saturated heterocycles. The van der Waals surface area contributed by atoms with Gasteiger partial charge in [0.1, 0.15) is 0 Å². The zero-order valence-electron chi connectivity index (χ0n) is 8.77. The number of rotatable bonds is 5. The molecule has 0 saturated carbocycles. The van der Waals surface area contributed by atoms with Crippen molar-refractivity contribution in [2.45, 2.75) is 32.4 Å². The third kappa shape index (κ3) is 3.44. The van der Waals surface area contributed by atoms with Gasteiger partial charge in [-0.15, -0.1) is 0 Å². The molecule has 1 rings (SSSR count). The van der Waals surface area contributed by atoms with Crippen LogP contribution in [-0.4, -0.2) is 22.7 Å². The minimum atomic E-state index is -0.255. The van der Waals surface area contributed by atoms with Crippen molar-refractivity contribution in [3.8, 4) is 0 Å². The normalized spacial score (nSPS) is 15.1. The molecule has 2 unspecified atom stereocenters. The van der Waals surface area contributed by atoms with E-state index in [-0.39, 0.29) is 12.1 Å². The highest BCUT2D eigenvalue weighted by atomic mass is 16.3. The molecule has 2 N–H and O–H groups in total. The van der Waals surface area contributed by atoms with Gasteiger partial charge >= 0.3 is 0 Å². The molecule has 0 spiro atoms.